The van der Waals surface area contributed by atoms with Crippen LogP contribution in [-0.2, 0) is 9.59 Å². The molecule has 0 bridgehead atoms. The van der Waals surface area contributed by atoms with Crippen molar-refractivity contribution in [3.05, 3.63) is 56.5 Å². The Balaban J connectivity index is 1.59. The molecule has 0 aromatic heterocycles. The first-order valence-corrected chi connectivity index (χ1v) is 12.1. The van der Waals surface area contributed by atoms with Crippen LogP contribution in [0.3, 0.4) is 0 Å². The second-order valence-corrected chi connectivity index (χ2v) is 9.88. The van der Waals surface area contributed by atoms with E-state index < -0.39 is 0 Å². The maximum Gasteiger partial charge on any atom is 0.225 e. The molecule has 150 valence electrons. The van der Waals surface area contributed by atoms with E-state index in [0.717, 1.165) is 0 Å². The highest BCUT2D eigenvalue weighted by atomic mass is 35.5. The summed E-state index contributed by atoms with van der Waals surface area (Å²) in [5.74, 6) is 0.971. The van der Waals surface area contributed by atoms with E-state index in [4.69, 9.17) is 46.4 Å². The average molecular weight is 498 g/mol. The van der Waals surface area contributed by atoms with Crippen LogP contribution in [0.15, 0.2) is 36.4 Å². The predicted octanol–water partition coefficient (Wildman–Crippen LogP) is 7.04. The van der Waals surface area contributed by atoms with Gasteiger partial charge in [0.05, 0.1) is 21.4 Å². The van der Waals surface area contributed by atoms with Crippen LogP contribution < -0.4 is 10.6 Å². The van der Waals surface area contributed by atoms with Gasteiger partial charge in [-0.25, -0.2) is 0 Å². The SMILES string of the molecule is O=C(CCSSCCC(=O)Nc1ccc(Cl)cc1Cl)Nc1ccc(Cl)cc1Cl. The van der Waals surface area contributed by atoms with E-state index in [1.54, 1.807) is 36.4 Å². The molecule has 0 fully saturated rings. The summed E-state index contributed by atoms with van der Waals surface area (Å²) in [6.07, 6.45) is 0.673. The van der Waals surface area contributed by atoms with Gasteiger partial charge >= 0.3 is 0 Å². The Labute approximate surface area is 191 Å². The van der Waals surface area contributed by atoms with Crippen molar-refractivity contribution in [1.82, 2.24) is 0 Å². The third-order valence-electron chi connectivity index (χ3n) is 3.32. The lowest BCUT2D eigenvalue weighted by Gasteiger charge is -2.08. The fourth-order valence-corrected chi connectivity index (χ4v) is 4.89. The van der Waals surface area contributed by atoms with Gasteiger partial charge in [-0.15, -0.1) is 0 Å². The third kappa shape index (κ3) is 8.31. The summed E-state index contributed by atoms with van der Waals surface area (Å²) in [4.78, 5) is 23.9. The molecule has 0 heterocycles. The largest absolute Gasteiger partial charge is 0.325 e. The molecule has 0 atom stereocenters. The van der Waals surface area contributed by atoms with Crippen LogP contribution in [0.1, 0.15) is 12.8 Å². The molecule has 0 radical (unpaired) electrons. The molecule has 4 nitrogen and oxygen atoms in total. The van der Waals surface area contributed by atoms with Crippen molar-refractivity contribution in [3.63, 3.8) is 0 Å². The zero-order valence-electron chi connectivity index (χ0n) is 14.4. The van der Waals surface area contributed by atoms with Crippen molar-refractivity contribution in [2.24, 2.45) is 0 Å². The van der Waals surface area contributed by atoms with Crippen LogP contribution in [0.5, 0.6) is 0 Å². The van der Waals surface area contributed by atoms with Crippen molar-refractivity contribution in [2.45, 2.75) is 12.8 Å². The van der Waals surface area contributed by atoms with Gasteiger partial charge in [0.15, 0.2) is 0 Å². The molecular weight excluding hydrogens is 482 g/mol. The molecule has 2 amide bonds. The number of benzene rings is 2. The second kappa shape index (κ2) is 12.1. The number of hydrogen-bond donors (Lipinski definition) is 2. The lowest BCUT2D eigenvalue weighted by Crippen LogP contribution is -2.13. The second-order valence-electron chi connectivity index (χ2n) is 5.49. The molecular formula is C18H16Cl4N2O2S2. The lowest BCUT2D eigenvalue weighted by atomic mass is 10.3. The van der Waals surface area contributed by atoms with Gasteiger partial charge in [-0.1, -0.05) is 68.0 Å². The van der Waals surface area contributed by atoms with Crippen molar-refractivity contribution in [1.29, 1.82) is 0 Å². The minimum absolute atomic E-state index is 0.132. The molecule has 2 aromatic carbocycles. The molecule has 0 aliphatic carbocycles. The van der Waals surface area contributed by atoms with Crippen LogP contribution in [0.25, 0.3) is 0 Å². The van der Waals surface area contributed by atoms with Crippen molar-refractivity contribution >= 4 is 91.2 Å². The Morgan fingerprint density at radius 3 is 1.46 bits per heavy atom. The van der Waals surface area contributed by atoms with Crippen LogP contribution in [0.2, 0.25) is 20.1 Å². The maximum atomic E-state index is 11.9. The Morgan fingerprint density at radius 1 is 0.714 bits per heavy atom. The van der Waals surface area contributed by atoms with Crippen molar-refractivity contribution in [2.75, 3.05) is 22.1 Å². The molecule has 0 saturated carbocycles. The van der Waals surface area contributed by atoms with Crippen LogP contribution in [0, 0.1) is 0 Å². The summed E-state index contributed by atoms with van der Waals surface area (Å²) in [5.41, 5.74) is 1.07. The van der Waals surface area contributed by atoms with E-state index in [2.05, 4.69) is 10.6 Å². The number of halogens is 4. The van der Waals surface area contributed by atoms with Gasteiger partial charge in [-0.2, -0.15) is 0 Å². The monoisotopic (exact) mass is 496 g/mol. The van der Waals surface area contributed by atoms with E-state index >= 15 is 0 Å². The van der Waals surface area contributed by atoms with Crippen LogP contribution >= 0.6 is 68.0 Å². The van der Waals surface area contributed by atoms with Gasteiger partial charge in [0, 0.05) is 34.4 Å². The Kier molecular flexibility index (Phi) is 10.1. The predicted molar refractivity (Wildman–Crippen MR) is 124 cm³/mol. The number of carbonyl (C=O) groups is 2. The minimum Gasteiger partial charge on any atom is -0.325 e. The van der Waals surface area contributed by atoms with Gasteiger partial charge < -0.3 is 10.6 Å². The lowest BCUT2D eigenvalue weighted by molar-refractivity contribution is -0.116. The molecule has 0 aliphatic rings. The summed E-state index contributed by atoms with van der Waals surface area (Å²) >= 11 is 23.7. The van der Waals surface area contributed by atoms with Crippen LogP contribution in [-0.4, -0.2) is 23.3 Å². The summed E-state index contributed by atoms with van der Waals surface area (Å²) in [7, 11) is 3.06. The Morgan fingerprint density at radius 2 is 1.11 bits per heavy atom. The molecule has 0 unspecified atom stereocenters. The molecule has 0 spiro atoms. The topological polar surface area (TPSA) is 58.2 Å². The van der Waals surface area contributed by atoms with Gasteiger partial charge in [0.1, 0.15) is 0 Å². The molecule has 28 heavy (non-hydrogen) atoms. The summed E-state index contributed by atoms with van der Waals surface area (Å²) in [6, 6.07) is 9.80. The molecule has 2 aromatic rings. The first-order valence-electron chi connectivity index (χ1n) is 8.09. The average Bonchev–Trinajstić information content (AvgIpc) is 2.63. The number of nitrogens with one attached hydrogen (secondary N) is 2. The molecule has 0 saturated heterocycles. The number of rotatable bonds is 9. The van der Waals surface area contributed by atoms with E-state index in [9.17, 15) is 9.59 Å². The van der Waals surface area contributed by atoms with Gasteiger partial charge in [-0.05, 0) is 36.4 Å². The first kappa shape index (κ1) is 23.5. The van der Waals surface area contributed by atoms with Gasteiger partial charge in [0.25, 0.3) is 0 Å². The van der Waals surface area contributed by atoms with Crippen molar-refractivity contribution in [3.8, 4) is 0 Å². The number of anilines is 2. The fraction of sp³-hybridized carbons (Fsp3) is 0.222. The minimum atomic E-state index is -0.132. The highest BCUT2D eigenvalue weighted by molar-refractivity contribution is 8.76. The first-order chi connectivity index (χ1) is 13.3. The van der Waals surface area contributed by atoms with E-state index in [-0.39, 0.29) is 11.8 Å². The zero-order chi connectivity index (χ0) is 20.5. The summed E-state index contributed by atoms with van der Waals surface area (Å²) in [5, 5.41) is 7.31. The number of hydrogen-bond acceptors (Lipinski definition) is 4. The molecule has 2 rings (SSSR count). The van der Waals surface area contributed by atoms with E-state index in [0.29, 0.717) is 55.8 Å². The van der Waals surface area contributed by atoms with E-state index in [1.807, 2.05) is 0 Å². The van der Waals surface area contributed by atoms with Crippen molar-refractivity contribution < 1.29 is 9.59 Å². The normalized spacial score (nSPS) is 10.6. The summed E-state index contributed by atoms with van der Waals surface area (Å²) in [6.45, 7) is 0. The van der Waals surface area contributed by atoms with E-state index in [1.165, 1.54) is 21.6 Å². The summed E-state index contributed by atoms with van der Waals surface area (Å²) < 4.78 is 0. The Bertz CT molecular complexity index is 783. The Hall–Kier alpha value is -0.760. The molecule has 0 aliphatic heterocycles. The quantitative estimate of drug-likeness (QED) is 0.288. The zero-order valence-corrected chi connectivity index (χ0v) is 19.1. The fourth-order valence-electron chi connectivity index (χ4n) is 1.99. The van der Waals surface area contributed by atoms with Gasteiger partial charge in [0.2, 0.25) is 11.8 Å². The maximum absolute atomic E-state index is 11.9. The molecule has 2 N–H and O–H groups in total. The highest BCUT2D eigenvalue weighted by Crippen LogP contribution is 2.28. The highest BCUT2D eigenvalue weighted by Gasteiger charge is 2.08. The smallest absolute Gasteiger partial charge is 0.225 e. The number of amides is 2. The van der Waals surface area contributed by atoms with Gasteiger partial charge in [-0.3, -0.25) is 9.59 Å². The molecule has 10 heteroatoms. The number of carbonyl (C=O) groups excluding carboxylic acids is 2. The van der Waals surface area contributed by atoms with Crippen LogP contribution in [0.4, 0.5) is 11.4 Å². The third-order valence-corrected chi connectivity index (χ3v) is 6.82. The standard InChI is InChI=1S/C18H16Cl4N2O2S2/c19-11-1-3-15(13(21)9-11)23-17(25)5-7-27-28-8-6-18(26)24-16-4-2-12(20)10-14(16)22/h1-4,9-10H,5-8H2,(H,23,25)(H,24,26).